The fraction of sp³-hybridized carbons (Fsp3) is 0.333. The fourth-order valence-electron chi connectivity index (χ4n) is 1.27. The maximum atomic E-state index is 11.7. The van der Waals surface area contributed by atoms with Crippen molar-refractivity contribution in [3.05, 3.63) is 35.4 Å². The predicted octanol–water partition coefficient (Wildman–Crippen LogP) is 1.33. The number of ketones is 1. The number of carbonyl (C=O) groups excluding carboxylic acids is 2. The molecular formula is C12H15NO6. The quantitative estimate of drug-likeness (QED) is 0.348. The molecule has 0 aliphatic heterocycles. The molecule has 2 N–H and O–H groups in total. The second-order valence-electron chi connectivity index (χ2n) is 4.01. The summed E-state index contributed by atoms with van der Waals surface area (Å²) in [5, 5.41) is 16.3. The van der Waals surface area contributed by atoms with E-state index in [4.69, 9.17) is 15.2 Å². The molecule has 7 heteroatoms. The smallest absolute Gasteiger partial charge is 0.379 e. The number of Topliss-reactive ketones (excluding diaryl/α,β-unsaturated/α-hetero) is 1. The average Bonchev–Trinajstić information content (AvgIpc) is 2.35. The molecule has 104 valence electrons. The van der Waals surface area contributed by atoms with E-state index in [2.05, 4.69) is 4.84 Å². The summed E-state index contributed by atoms with van der Waals surface area (Å²) in [5.41, 5.74) is 0.793. The lowest BCUT2D eigenvalue weighted by molar-refractivity contribution is -0.497. The summed E-state index contributed by atoms with van der Waals surface area (Å²) in [4.78, 5) is 27.4. The number of hydrogen-bond donors (Lipinski definition) is 2. The van der Waals surface area contributed by atoms with E-state index in [-0.39, 0.29) is 18.3 Å². The zero-order chi connectivity index (χ0) is 14.4. The van der Waals surface area contributed by atoms with Gasteiger partial charge >= 0.3 is 5.97 Å². The summed E-state index contributed by atoms with van der Waals surface area (Å²) < 4.78 is 4.79. The second-order valence-corrected chi connectivity index (χ2v) is 4.01. The highest BCUT2D eigenvalue weighted by atomic mass is 17.1. The van der Waals surface area contributed by atoms with Crippen LogP contribution in [-0.4, -0.2) is 33.7 Å². The van der Waals surface area contributed by atoms with Crippen LogP contribution in [0.25, 0.3) is 0 Å². The Kier molecular flexibility index (Phi) is 5.58. The van der Waals surface area contributed by atoms with E-state index in [1.54, 1.807) is 13.8 Å². The topological polar surface area (TPSA) is 96.3 Å². The van der Waals surface area contributed by atoms with E-state index in [0.717, 1.165) is 0 Å². The SMILES string of the molecule is CC(C)OC(=O)C(=O)c1ccc(CON(O)O)cc1. The zero-order valence-electron chi connectivity index (χ0n) is 10.6. The molecule has 0 heterocycles. The van der Waals surface area contributed by atoms with Crippen molar-refractivity contribution in [2.24, 2.45) is 0 Å². The van der Waals surface area contributed by atoms with E-state index < -0.39 is 17.1 Å². The molecule has 0 aliphatic rings. The third-order valence-corrected chi connectivity index (χ3v) is 2.09. The minimum absolute atomic E-state index is 0.0854. The van der Waals surface area contributed by atoms with Crippen LogP contribution in [0.2, 0.25) is 0 Å². The maximum Gasteiger partial charge on any atom is 0.379 e. The van der Waals surface area contributed by atoms with Crippen molar-refractivity contribution in [2.75, 3.05) is 0 Å². The summed E-state index contributed by atoms with van der Waals surface area (Å²) in [6.07, 6.45) is -0.357. The van der Waals surface area contributed by atoms with Crippen LogP contribution in [0, 0.1) is 0 Å². The van der Waals surface area contributed by atoms with Crippen molar-refractivity contribution < 1.29 is 29.6 Å². The van der Waals surface area contributed by atoms with Crippen LogP contribution in [0.5, 0.6) is 0 Å². The van der Waals surface area contributed by atoms with Gasteiger partial charge in [-0.3, -0.25) is 15.2 Å². The van der Waals surface area contributed by atoms with Gasteiger partial charge in [0, 0.05) is 5.56 Å². The third kappa shape index (κ3) is 5.14. The fourth-order valence-corrected chi connectivity index (χ4v) is 1.27. The first-order valence-electron chi connectivity index (χ1n) is 5.55. The molecule has 0 bridgehead atoms. The van der Waals surface area contributed by atoms with Crippen molar-refractivity contribution in [3.63, 3.8) is 0 Å². The monoisotopic (exact) mass is 269 g/mol. The summed E-state index contributed by atoms with van der Waals surface area (Å²) in [5.74, 6) is -1.64. The maximum absolute atomic E-state index is 11.7. The lowest BCUT2D eigenvalue weighted by Crippen LogP contribution is -2.21. The number of nitrogens with zero attached hydrogens (tertiary/aromatic N) is 1. The minimum Gasteiger partial charge on any atom is -0.457 e. The number of ether oxygens (including phenoxy) is 1. The van der Waals surface area contributed by atoms with Gasteiger partial charge in [-0.05, 0) is 19.4 Å². The molecule has 0 radical (unpaired) electrons. The van der Waals surface area contributed by atoms with Crippen molar-refractivity contribution in [2.45, 2.75) is 26.6 Å². The summed E-state index contributed by atoms with van der Waals surface area (Å²) in [6, 6.07) is 5.92. The number of benzene rings is 1. The first-order chi connectivity index (χ1) is 8.90. The van der Waals surface area contributed by atoms with Crippen LogP contribution in [0.3, 0.4) is 0 Å². The molecule has 1 aromatic rings. The van der Waals surface area contributed by atoms with Crippen molar-refractivity contribution in [1.82, 2.24) is 5.39 Å². The molecule has 7 nitrogen and oxygen atoms in total. The van der Waals surface area contributed by atoms with E-state index in [1.165, 1.54) is 24.3 Å². The number of hydrogen-bond acceptors (Lipinski definition) is 7. The summed E-state index contributed by atoms with van der Waals surface area (Å²) in [7, 11) is 0. The van der Waals surface area contributed by atoms with Crippen molar-refractivity contribution in [1.29, 1.82) is 0 Å². The molecule has 0 saturated carbocycles. The molecule has 19 heavy (non-hydrogen) atoms. The molecular weight excluding hydrogens is 254 g/mol. The van der Waals surface area contributed by atoms with Gasteiger partial charge in [0.2, 0.25) is 0 Å². The van der Waals surface area contributed by atoms with Gasteiger partial charge in [-0.1, -0.05) is 24.3 Å². The lowest BCUT2D eigenvalue weighted by atomic mass is 10.1. The minimum atomic E-state index is -0.907. The summed E-state index contributed by atoms with van der Waals surface area (Å²) in [6.45, 7) is 3.22. The third-order valence-electron chi connectivity index (χ3n) is 2.09. The first-order valence-corrected chi connectivity index (χ1v) is 5.55. The second kappa shape index (κ2) is 6.95. The zero-order valence-corrected chi connectivity index (χ0v) is 10.6. The molecule has 0 atom stereocenters. The Bertz CT molecular complexity index is 440. The Morgan fingerprint density at radius 3 is 2.26 bits per heavy atom. The Balaban J connectivity index is 2.65. The number of rotatable bonds is 6. The van der Waals surface area contributed by atoms with Crippen molar-refractivity contribution in [3.8, 4) is 0 Å². The van der Waals surface area contributed by atoms with Gasteiger partial charge in [0.25, 0.3) is 5.78 Å². The molecule has 0 aromatic heterocycles. The average molecular weight is 269 g/mol. The van der Waals surface area contributed by atoms with E-state index in [1.807, 2.05) is 0 Å². The predicted molar refractivity (Wildman–Crippen MR) is 62.2 cm³/mol. The molecule has 1 rings (SSSR count). The molecule has 1 aromatic carbocycles. The van der Waals surface area contributed by atoms with Crippen LogP contribution in [-0.2, 0) is 21.0 Å². The molecule has 0 spiro atoms. The largest absolute Gasteiger partial charge is 0.457 e. The highest BCUT2D eigenvalue weighted by molar-refractivity contribution is 6.40. The lowest BCUT2D eigenvalue weighted by Gasteiger charge is -2.08. The summed E-state index contributed by atoms with van der Waals surface area (Å²) >= 11 is 0. The molecule has 0 saturated heterocycles. The van der Waals surface area contributed by atoms with Crippen LogP contribution in [0.1, 0.15) is 29.8 Å². The Hall–Kier alpha value is -1.80. The van der Waals surface area contributed by atoms with E-state index >= 15 is 0 Å². The Morgan fingerprint density at radius 2 is 1.79 bits per heavy atom. The molecule has 0 aliphatic carbocycles. The van der Waals surface area contributed by atoms with Gasteiger partial charge in [-0.25, -0.2) is 9.63 Å². The van der Waals surface area contributed by atoms with Crippen LogP contribution in [0.4, 0.5) is 0 Å². The van der Waals surface area contributed by atoms with Crippen LogP contribution in [0.15, 0.2) is 24.3 Å². The number of esters is 1. The standard InChI is InChI=1S/C12H15NO6/c1-8(2)19-12(15)11(14)10-5-3-9(4-6-10)7-18-13(16)17/h3-6,8,16-17H,7H2,1-2H3. The van der Waals surface area contributed by atoms with Gasteiger partial charge in [0.15, 0.2) is 0 Å². The Labute approximate surface area is 109 Å². The molecule has 0 unspecified atom stereocenters. The van der Waals surface area contributed by atoms with Crippen molar-refractivity contribution >= 4 is 11.8 Å². The highest BCUT2D eigenvalue weighted by Gasteiger charge is 2.18. The van der Waals surface area contributed by atoms with Gasteiger partial charge in [0.05, 0.1) is 18.1 Å². The van der Waals surface area contributed by atoms with Gasteiger partial charge in [0.1, 0.15) is 0 Å². The first kappa shape index (κ1) is 15.3. The van der Waals surface area contributed by atoms with Gasteiger partial charge in [-0.15, -0.1) is 0 Å². The van der Waals surface area contributed by atoms with Gasteiger partial charge in [-0.2, -0.15) is 0 Å². The highest BCUT2D eigenvalue weighted by Crippen LogP contribution is 2.08. The van der Waals surface area contributed by atoms with E-state index in [0.29, 0.717) is 5.56 Å². The normalized spacial score (nSPS) is 10.8. The van der Waals surface area contributed by atoms with Gasteiger partial charge < -0.3 is 4.74 Å². The molecule has 0 amide bonds. The van der Waals surface area contributed by atoms with Crippen LogP contribution >= 0.6 is 0 Å². The molecule has 0 fully saturated rings. The Morgan fingerprint density at radius 1 is 1.21 bits per heavy atom. The van der Waals surface area contributed by atoms with Crippen LogP contribution < -0.4 is 0 Å². The number of carbonyl (C=O) groups is 2. The van der Waals surface area contributed by atoms with E-state index in [9.17, 15) is 9.59 Å².